The lowest BCUT2D eigenvalue weighted by atomic mass is 10.1. The lowest BCUT2D eigenvalue weighted by Crippen LogP contribution is -2.28. The van der Waals surface area contributed by atoms with Gasteiger partial charge in [0.15, 0.2) is 18.1 Å². The zero-order valence-electron chi connectivity index (χ0n) is 14.7. The van der Waals surface area contributed by atoms with Crippen LogP contribution in [-0.2, 0) is 16.1 Å². The van der Waals surface area contributed by atoms with Gasteiger partial charge < -0.3 is 19.6 Å². The van der Waals surface area contributed by atoms with Gasteiger partial charge in [0.2, 0.25) is 0 Å². The van der Waals surface area contributed by atoms with Crippen molar-refractivity contribution in [1.82, 2.24) is 5.32 Å². The summed E-state index contributed by atoms with van der Waals surface area (Å²) in [5.41, 5.74) is 1.69. The Bertz CT molecular complexity index is 748. The number of carbonyl (C=O) groups is 1. The summed E-state index contributed by atoms with van der Waals surface area (Å²) in [5.74, 6) is 0.635. The second-order valence-electron chi connectivity index (χ2n) is 5.35. The highest BCUT2D eigenvalue weighted by atomic mass is 19.1. The number of carbonyl (C=O) groups excluding carboxylic acids is 1. The maximum absolute atomic E-state index is 12.8. The maximum atomic E-state index is 12.8. The zero-order valence-corrected chi connectivity index (χ0v) is 14.7. The number of methoxy groups -OCH3 is 2. The van der Waals surface area contributed by atoms with Gasteiger partial charge in [-0.25, -0.2) is 4.39 Å². The Kier molecular flexibility index (Phi) is 7.42. The fourth-order valence-corrected chi connectivity index (χ4v) is 2.18. The third-order valence-corrected chi connectivity index (χ3v) is 3.53. The minimum atomic E-state index is -0.281. The van der Waals surface area contributed by atoms with E-state index >= 15 is 0 Å². The maximum Gasteiger partial charge on any atom is 0.260 e. The predicted molar refractivity (Wildman–Crippen MR) is 96.2 cm³/mol. The number of nitrogens with one attached hydrogen (secondary N) is 1. The highest BCUT2D eigenvalue weighted by molar-refractivity contribution is 5.81. The Morgan fingerprint density at radius 2 is 1.85 bits per heavy atom. The number of nitrogens with zero attached hydrogens (tertiary/aromatic N) is 1. The van der Waals surface area contributed by atoms with Crippen molar-refractivity contribution in [2.45, 2.75) is 6.42 Å². The largest absolute Gasteiger partial charge is 0.493 e. The first kappa shape index (κ1) is 19.2. The molecule has 0 aliphatic heterocycles. The van der Waals surface area contributed by atoms with Gasteiger partial charge in [-0.2, -0.15) is 0 Å². The number of hydrogen-bond acceptors (Lipinski definition) is 5. The molecule has 6 nitrogen and oxygen atoms in total. The standard InChI is InChI=1S/C19H21FN2O4/c1-24-17-8-5-15(11-18(17)25-2)12-22-26-13-19(23)21-10-9-14-3-6-16(20)7-4-14/h3-8,11-12H,9-10,13H2,1-2H3,(H,21,23)/b22-12-. The van der Waals surface area contributed by atoms with Crippen molar-refractivity contribution < 1.29 is 23.5 Å². The van der Waals surface area contributed by atoms with E-state index in [4.69, 9.17) is 14.3 Å². The molecule has 2 aromatic carbocycles. The van der Waals surface area contributed by atoms with Crippen molar-refractivity contribution in [2.24, 2.45) is 5.16 Å². The first-order chi connectivity index (χ1) is 12.6. The van der Waals surface area contributed by atoms with Gasteiger partial charge in [0.05, 0.1) is 20.4 Å². The normalized spacial score (nSPS) is 10.6. The van der Waals surface area contributed by atoms with E-state index in [0.29, 0.717) is 24.5 Å². The minimum absolute atomic E-state index is 0.187. The van der Waals surface area contributed by atoms with Crippen LogP contribution < -0.4 is 14.8 Å². The molecule has 0 fully saturated rings. The summed E-state index contributed by atoms with van der Waals surface area (Å²) in [7, 11) is 3.11. The molecular weight excluding hydrogens is 339 g/mol. The molecule has 2 aromatic rings. The fourth-order valence-electron chi connectivity index (χ4n) is 2.18. The topological polar surface area (TPSA) is 69.2 Å². The predicted octanol–water partition coefficient (Wildman–Crippen LogP) is 2.55. The molecule has 7 heteroatoms. The number of benzene rings is 2. The fraction of sp³-hybridized carbons (Fsp3) is 0.263. The van der Waals surface area contributed by atoms with E-state index in [1.807, 2.05) is 0 Å². The van der Waals surface area contributed by atoms with Crippen LogP contribution in [0.3, 0.4) is 0 Å². The van der Waals surface area contributed by atoms with Crippen molar-refractivity contribution in [3.63, 3.8) is 0 Å². The van der Waals surface area contributed by atoms with Crippen molar-refractivity contribution in [1.29, 1.82) is 0 Å². The van der Waals surface area contributed by atoms with Gasteiger partial charge in [0, 0.05) is 12.1 Å². The minimum Gasteiger partial charge on any atom is -0.493 e. The summed E-state index contributed by atoms with van der Waals surface area (Å²) in [6, 6.07) is 11.4. The van der Waals surface area contributed by atoms with Gasteiger partial charge >= 0.3 is 0 Å². The van der Waals surface area contributed by atoms with Gasteiger partial charge in [0.25, 0.3) is 5.91 Å². The highest BCUT2D eigenvalue weighted by Crippen LogP contribution is 2.26. The first-order valence-corrected chi connectivity index (χ1v) is 8.01. The van der Waals surface area contributed by atoms with Gasteiger partial charge in [-0.3, -0.25) is 4.79 Å². The summed E-state index contributed by atoms with van der Waals surface area (Å²) in [5, 5.41) is 6.47. The van der Waals surface area contributed by atoms with Crippen LogP contribution >= 0.6 is 0 Å². The van der Waals surface area contributed by atoms with Crippen LogP contribution in [0.2, 0.25) is 0 Å². The zero-order chi connectivity index (χ0) is 18.8. The van der Waals surface area contributed by atoms with Gasteiger partial charge in [0.1, 0.15) is 5.82 Å². The number of rotatable bonds is 9. The van der Waals surface area contributed by atoms with E-state index in [9.17, 15) is 9.18 Å². The summed E-state index contributed by atoms with van der Waals surface area (Å²) in [4.78, 5) is 16.7. The average Bonchev–Trinajstić information content (AvgIpc) is 2.66. The average molecular weight is 360 g/mol. The number of halogens is 1. The number of hydrogen-bond donors (Lipinski definition) is 1. The molecule has 0 saturated heterocycles. The molecule has 0 spiro atoms. The van der Waals surface area contributed by atoms with Crippen LogP contribution in [0.15, 0.2) is 47.6 Å². The van der Waals surface area contributed by atoms with E-state index in [2.05, 4.69) is 10.5 Å². The lowest BCUT2D eigenvalue weighted by Gasteiger charge is -2.07. The number of oxime groups is 1. The van der Waals surface area contributed by atoms with Gasteiger partial charge in [-0.05, 0) is 42.3 Å². The molecule has 2 rings (SSSR count). The van der Waals surface area contributed by atoms with Crippen molar-refractivity contribution >= 4 is 12.1 Å². The van der Waals surface area contributed by atoms with Crippen LogP contribution in [-0.4, -0.2) is 39.5 Å². The van der Waals surface area contributed by atoms with Gasteiger partial charge in [-0.1, -0.05) is 17.3 Å². The van der Waals surface area contributed by atoms with Crippen LogP contribution in [0.4, 0.5) is 4.39 Å². The molecule has 0 unspecified atom stereocenters. The molecule has 0 atom stereocenters. The molecule has 1 amide bonds. The van der Waals surface area contributed by atoms with Crippen molar-refractivity contribution in [3.8, 4) is 11.5 Å². The first-order valence-electron chi connectivity index (χ1n) is 8.01. The Labute approximate surface area is 151 Å². The van der Waals surface area contributed by atoms with E-state index in [1.165, 1.54) is 18.3 Å². The molecule has 0 saturated carbocycles. The molecule has 1 N–H and O–H groups in total. The Hall–Kier alpha value is -3.09. The van der Waals surface area contributed by atoms with Crippen molar-refractivity contribution in [3.05, 3.63) is 59.4 Å². The third-order valence-electron chi connectivity index (χ3n) is 3.53. The highest BCUT2D eigenvalue weighted by Gasteiger charge is 2.04. The SMILES string of the molecule is COc1ccc(/C=N\OCC(=O)NCCc2ccc(F)cc2)cc1OC. The molecule has 0 bridgehead atoms. The summed E-state index contributed by atoms with van der Waals surface area (Å²) < 4.78 is 23.1. The van der Waals surface area contributed by atoms with Crippen LogP contribution in [0.25, 0.3) is 0 Å². The van der Waals surface area contributed by atoms with Crippen LogP contribution in [0.5, 0.6) is 11.5 Å². The molecule has 0 radical (unpaired) electrons. The second-order valence-corrected chi connectivity index (χ2v) is 5.35. The number of amides is 1. The monoisotopic (exact) mass is 360 g/mol. The molecule has 0 aliphatic carbocycles. The summed E-state index contributed by atoms with van der Waals surface area (Å²) in [6.07, 6.45) is 2.09. The second kappa shape index (κ2) is 10.0. The molecule has 26 heavy (non-hydrogen) atoms. The molecule has 138 valence electrons. The van der Waals surface area contributed by atoms with Crippen LogP contribution in [0.1, 0.15) is 11.1 Å². The lowest BCUT2D eigenvalue weighted by molar-refractivity contribution is -0.125. The molecular formula is C19H21FN2O4. The quantitative estimate of drug-likeness (QED) is 0.551. The molecule has 0 aromatic heterocycles. The van der Waals surface area contributed by atoms with E-state index in [1.54, 1.807) is 44.6 Å². The van der Waals surface area contributed by atoms with Crippen molar-refractivity contribution in [2.75, 3.05) is 27.4 Å². The van der Waals surface area contributed by atoms with Crippen LogP contribution in [0, 0.1) is 5.82 Å². The Balaban J connectivity index is 1.70. The summed E-state index contributed by atoms with van der Waals surface area (Å²) >= 11 is 0. The summed E-state index contributed by atoms with van der Waals surface area (Å²) in [6.45, 7) is 0.250. The number of ether oxygens (including phenoxy) is 2. The molecule has 0 heterocycles. The van der Waals surface area contributed by atoms with Gasteiger partial charge in [-0.15, -0.1) is 0 Å². The van der Waals surface area contributed by atoms with E-state index < -0.39 is 0 Å². The Morgan fingerprint density at radius 1 is 1.12 bits per heavy atom. The Morgan fingerprint density at radius 3 is 2.54 bits per heavy atom. The van der Waals surface area contributed by atoms with E-state index in [-0.39, 0.29) is 18.3 Å². The smallest absolute Gasteiger partial charge is 0.260 e. The van der Waals surface area contributed by atoms with E-state index in [0.717, 1.165) is 11.1 Å². The third kappa shape index (κ3) is 6.08. The molecule has 0 aliphatic rings.